The molecule has 0 aliphatic heterocycles. The number of hydrogen-bond acceptors (Lipinski definition) is 7. The van der Waals surface area contributed by atoms with Crippen molar-refractivity contribution in [2.45, 2.75) is 71.6 Å². The number of carbonyl (C=O) groups excluding carboxylic acids is 3. The first-order valence-corrected chi connectivity index (χ1v) is 13.0. The molecule has 4 rings (SSSR count). The van der Waals surface area contributed by atoms with Crippen molar-refractivity contribution < 1.29 is 23.5 Å². The molecule has 1 aromatic carbocycles. The first-order chi connectivity index (χ1) is 18.5. The Balaban J connectivity index is 1.33. The highest BCUT2D eigenvalue weighted by Crippen LogP contribution is 2.24. The lowest BCUT2D eigenvalue weighted by molar-refractivity contribution is 0.0487. The number of benzene rings is 1. The zero-order valence-corrected chi connectivity index (χ0v) is 22.6. The predicted octanol–water partition coefficient (Wildman–Crippen LogP) is 3.32. The van der Waals surface area contributed by atoms with E-state index < -0.39 is 23.5 Å². The molecule has 0 spiro atoms. The molecular weight excluding hydrogens is 505 g/mol. The molecule has 3 N–H and O–H groups in total. The van der Waals surface area contributed by atoms with Gasteiger partial charge in [-0.2, -0.15) is 14.6 Å². The van der Waals surface area contributed by atoms with Crippen molar-refractivity contribution in [3.63, 3.8) is 0 Å². The third-order valence-corrected chi connectivity index (χ3v) is 6.51. The fourth-order valence-corrected chi connectivity index (χ4v) is 4.49. The quantitative estimate of drug-likeness (QED) is 0.419. The smallest absolute Gasteiger partial charge is 0.407 e. The number of amides is 3. The molecular formula is C27H34FN7O4. The minimum Gasteiger partial charge on any atom is -0.444 e. The molecule has 1 saturated carbocycles. The van der Waals surface area contributed by atoms with Gasteiger partial charge >= 0.3 is 6.09 Å². The molecule has 1 aliphatic carbocycles. The lowest BCUT2D eigenvalue weighted by Crippen LogP contribution is -2.42. The highest BCUT2D eigenvalue weighted by atomic mass is 19.1. The molecule has 12 heteroatoms. The second-order valence-corrected chi connectivity index (χ2v) is 10.8. The maximum absolute atomic E-state index is 13.5. The fourth-order valence-electron chi connectivity index (χ4n) is 4.49. The van der Waals surface area contributed by atoms with Crippen LogP contribution >= 0.6 is 0 Å². The van der Waals surface area contributed by atoms with Gasteiger partial charge in [0.15, 0.2) is 0 Å². The van der Waals surface area contributed by atoms with E-state index in [-0.39, 0.29) is 41.5 Å². The molecule has 2 aromatic heterocycles. The molecule has 1 fully saturated rings. The number of hydrogen-bond donors (Lipinski definition) is 3. The van der Waals surface area contributed by atoms with Gasteiger partial charge in [-0.05, 0) is 76.5 Å². The van der Waals surface area contributed by atoms with Gasteiger partial charge in [-0.3, -0.25) is 9.59 Å². The van der Waals surface area contributed by atoms with E-state index in [1.54, 1.807) is 19.1 Å². The number of carbonyl (C=O) groups is 3. The zero-order chi connectivity index (χ0) is 28.2. The van der Waals surface area contributed by atoms with Crippen molar-refractivity contribution in [1.29, 1.82) is 0 Å². The molecule has 39 heavy (non-hydrogen) atoms. The number of nitrogens with zero attached hydrogens (tertiary/aromatic N) is 4. The normalized spacial score (nSPS) is 17.5. The Labute approximate surface area is 225 Å². The molecule has 0 atom stereocenters. The van der Waals surface area contributed by atoms with Crippen LogP contribution in [-0.2, 0) is 11.3 Å². The van der Waals surface area contributed by atoms with Crippen LogP contribution in [0.4, 0.5) is 9.18 Å². The van der Waals surface area contributed by atoms with Crippen LogP contribution in [0.3, 0.4) is 0 Å². The van der Waals surface area contributed by atoms with Gasteiger partial charge in [0, 0.05) is 25.2 Å². The third kappa shape index (κ3) is 7.49. The van der Waals surface area contributed by atoms with Crippen LogP contribution < -0.4 is 16.0 Å². The molecule has 1 aliphatic rings. The fraction of sp³-hybridized carbons (Fsp3) is 0.481. The van der Waals surface area contributed by atoms with E-state index in [9.17, 15) is 18.8 Å². The number of nitrogens with one attached hydrogen (secondary N) is 3. The molecule has 0 saturated heterocycles. The summed E-state index contributed by atoms with van der Waals surface area (Å²) in [6.07, 6.45) is 4.11. The summed E-state index contributed by atoms with van der Waals surface area (Å²) in [6.45, 7) is 7.75. The number of halogens is 1. The molecule has 11 nitrogen and oxygen atoms in total. The minimum absolute atomic E-state index is 0.0215. The Kier molecular flexibility index (Phi) is 8.41. The SMILES string of the molecule is Cc1cc(CNC(=O)c2cc(C(=O)NC[C@H]3CC[C@H](NC(=O)OC(C)(C)C)CC3)n3ncnc3n2)ccc1F. The summed E-state index contributed by atoms with van der Waals surface area (Å²) in [6, 6.07) is 6.03. The Bertz CT molecular complexity index is 1360. The first kappa shape index (κ1) is 27.9. The Hall–Kier alpha value is -4.09. The topological polar surface area (TPSA) is 140 Å². The number of ether oxygens (including phenoxy) is 1. The Morgan fingerprint density at radius 1 is 1.08 bits per heavy atom. The minimum atomic E-state index is -0.545. The van der Waals surface area contributed by atoms with E-state index in [1.807, 2.05) is 20.8 Å². The van der Waals surface area contributed by atoms with Crippen molar-refractivity contribution in [3.05, 3.63) is 58.9 Å². The van der Waals surface area contributed by atoms with Crippen LogP contribution in [0.2, 0.25) is 0 Å². The van der Waals surface area contributed by atoms with Crippen LogP contribution in [0.15, 0.2) is 30.6 Å². The maximum Gasteiger partial charge on any atom is 0.407 e. The monoisotopic (exact) mass is 539 g/mol. The molecule has 0 bridgehead atoms. The number of fused-ring (bicyclic) bond motifs is 1. The lowest BCUT2D eigenvalue weighted by atomic mass is 9.86. The van der Waals surface area contributed by atoms with E-state index in [1.165, 1.54) is 23.0 Å². The van der Waals surface area contributed by atoms with Crippen LogP contribution in [0.25, 0.3) is 5.78 Å². The van der Waals surface area contributed by atoms with Crippen LogP contribution in [0, 0.1) is 18.7 Å². The summed E-state index contributed by atoms with van der Waals surface area (Å²) in [7, 11) is 0. The van der Waals surface area contributed by atoms with E-state index in [2.05, 4.69) is 31.0 Å². The highest BCUT2D eigenvalue weighted by Gasteiger charge is 2.26. The average Bonchev–Trinajstić information content (AvgIpc) is 3.35. The summed E-state index contributed by atoms with van der Waals surface area (Å²) in [5.41, 5.74) is 0.834. The van der Waals surface area contributed by atoms with Gasteiger partial charge in [0.1, 0.15) is 29.1 Å². The van der Waals surface area contributed by atoms with Gasteiger partial charge in [0.2, 0.25) is 0 Å². The lowest BCUT2D eigenvalue weighted by Gasteiger charge is -2.30. The van der Waals surface area contributed by atoms with Crippen LogP contribution in [0.1, 0.15) is 78.6 Å². The largest absolute Gasteiger partial charge is 0.444 e. The third-order valence-electron chi connectivity index (χ3n) is 6.51. The van der Waals surface area contributed by atoms with Gasteiger partial charge in [0.25, 0.3) is 17.6 Å². The highest BCUT2D eigenvalue weighted by molar-refractivity contribution is 5.98. The zero-order valence-electron chi connectivity index (χ0n) is 22.6. The number of alkyl carbamates (subject to hydrolysis) is 1. The standard InChI is InChI=1S/C27H34FN7O4/c1-16-11-18(7-10-20(16)28)14-29-23(36)21-12-22(35-25(34-21)31-15-32-35)24(37)30-13-17-5-8-19(9-6-17)33-26(38)39-27(2,3)4/h7,10-12,15,17,19H,5-6,8-9,13-14H2,1-4H3,(H,29,36)(H,30,37)(H,33,38)/t17-,19-. The summed E-state index contributed by atoms with van der Waals surface area (Å²) >= 11 is 0. The molecule has 2 heterocycles. The molecule has 0 radical (unpaired) electrons. The van der Waals surface area contributed by atoms with Crippen molar-refractivity contribution >= 4 is 23.7 Å². The van der Waals surface area contributed by atoms with Crippen molar-refractivity contribution in [2.75, 3.05) is 6.54 Å². The number of aromatic nitrogens is 4. The molecule has 3 aromatic rings. The van der Waals surface area contributed by atoms with Crippen LogP contribution in [0.5, 0.6) is 0 Å². The van der Waals surface area contributed by atoms with Crippen molar-refractivity contribution in [1.82, 2.24) is 35.5 Å². The van der Waals surface area contributed by atoms with Gasteiger partial charge in [0.05, 0.1) is 0 Å². The van der Waals surface area contributed by atoms with Gasteiger partial charge in [-0.1, -0.05) is 12.1 Å². The number of aryl methyl sites for hydroxylation is 1. The average molecular weight is 540 g/mol. The number of rotatable bonds is 7. The predicted molar refractivity (Wildman–Crippen MR) is 141 cm³/mol. The van der Waals surface area contributed by atoms with E-state index in [0.717, 1.165) is 31.2 Å². The maximum atomic E-state index is 13.5. The Morgan fingerprint density at radius 3 is 2.51 bits per heavy atom. The van der Waals surface area contributed by atoms with E-state index in [0.29, 0.717) is 12.1 Å². The van der Waals surface area contributed by atoms with E-state index >= 15 is 0 Å². The van der Waals surface area contributed by atoms with Crippen LogP contribution in [-0.4, -0.2) is 55.7 Å². The first-order valence-electron chi connectivity index (χ1n) is 13.0. The van der Waals surface area contributed by atoms with Gasteiger partial charge < -0.3 is 20.7 Å². The Morgan fingerprint density at radius 2 is 1.82 bits per heavy atom. The van der Waals surface area contributed by atoms with Crippen molar-refractivity contribution in [3.8, 4) is 0 Å². The summed E-state index contributed by atoms with van der Waals surface area (Å²) in [4.78, 5) is 46.2. The molecule has 3 amide bonds. The second-order valence-electron chi connectivity index (χ2n) is 10.8. The van der Waals surface area contributed by atoms with Gasteiger partial charge in [-0.25, -0.2) is 14.2 Å². The van der Waals surface area contributed by atoms with E-state index in [4.69, 9.17) is 4.74 Å². The van der Waals surface area contributed by atoms with Gasteiger partial charge in [-0.15, -0.1) is 0 Å². The second kappa shape index (κ2) is 11.7. The van der Waals surface area contributed by atoms with Crippen molar-refractivity contribution in [2.24, 2.45) is 5.92 Å². The summed E-state index contributed by atoms with van der Waals surface area (Å²) < 4.78 is 20.1. The molecule has 0 unspecified atom stereocenters. The summed E-state index contributed by atoms with van der Waals surface area (Å²) in [5.74, 6) is -0.831. The summed E-state index contributed by atoms with van der Waals surface area (Å²) in [5, 5.41) is 12.7. The molecule has 208 valence electrons.